The van der Waals surface area contributed by atoms with Crippen LogP contribution in [-0.2, 0) is 14.8 Å². The maximum absolute atomic E-state index is 12.8. The van der Waals surface area contributed by atoms with E-state index in [2.05, 4.69) is 15.5 Å². The van der Waals surface area contributed by atoms with Crippen molar-refractivity contribution in [1.82, 2.24) is 10.2 Å². The van der Waals surface area contributed by atoms with E-state index in [9.17, 15) is 13.2 Å². The number of carbonyl (C=O) groups is 1. The van der Waals surface area contributed by atoms with Gasteiger partial charge in [-0.25, -0.2) is 8.42 Å². The predicted molar refractivity (Wildman–Crippen MR) is 123 cm³/mol. The summed E-state index contributed by atoms with van der Waals surface area (Å²) in [6.07, 6.45) is 1.71. The number of sulfonamides is 1. The van der Waals surface area contributed by atoms with Crippen molar-refractivity contribution in [3.63, 3.8) is 0 Å². The number of hydrogen-bond donors (Lipinski definition) is 2. The van der Waals surface area contributed by atoms with Crippen LogP contribution in [0.1, 0.15) is 5.56 Å². The number of hydrogen-bond acceptors (Lipinski definition) is 5. The highest BCUT2D eigenvalue weighted by Gasteiger charge is 2.21. The van der Waals surface area contributed by atoms with Crippen molar-refractivity contribution in [2.24, 2.45) is 0 Å². The molecule has 9 heteroatoms. The van der Waals surface area contributed by atoms with Crippen LogP contribution in [0.25, 0.3) is 10.9 Å². The quantitative estimate of drug-likeness (QED) is 0.447. The van der Waals surface area contributed by atoms with Gasteiger partial charge in [0, 0.05) is 18.1 Å². The van der Waals surface area contributed by atoms with Crippen molar-refractivity contribution in [3.05, 3.63) is 78.5 Å². The lowest BCUT2D eigenvalue weighted by molar-refractivity contribution is -0.118. The number of aromatic nitrogens is 2. The molecule has 0 aliphatic rings. The molecule has 1 aromatic heterocycles. The third-order valence-corrected chi connectivity index (χ3v) is 6.78. The van der Waals surface area contributed by atoms with Gasteiger partial charge in [-0.2, -0.15) is 5.10 Å². The summed E-state index contributed by atoms with van der Waals surface area (Å²) in [6.45, 7) is 1.72. The molecule has 0 bridgehead atoms. The molecule has 32 heavy (non-hydrogen) atoms. The van der Waals surface area contributed by atoms with Gasteiger partial charge in [0.2, 0.25) is 0 Å². The van der Waals surface area contributed by atoms with Crippen LogP contribution >= 0.6 is 0 Å². The standard InChI is InChI=1S/C23H22N4O4S/c1-16-3-11-21(12-4-16)32(29,30)27(2)19-7-9-20(10-8-19)31-15-23(28)25-18-6-5-17-14-24-26-22(17)13-18/h3-14H,15H2,1-2H3,(H,24,26)(H,25,28). The molecule has 3 aromatic carbocycles. The number of benzene rings is 3. The van der Waals surface area contributed by atoms with Gasteiger partial charge in [0.25, 0.3) is 15.9 Å². The van der Waals surface area contributed by atoms with E-state index in [-0.39, 0.29) is 17.4 Å². The number of aryl methyl sites for hydroxylation is 1. The van der Waals surface area contributed by atoms with E-state index in [0.717, 1.165) is 16.5 Å². The minimum absolute atomic E-state index is 0.183. The Hall–Kier alpha value is -3.85. The zero-order chi connectivity index (χ0) is 22.7. The summed E-state index contributed by atoms with van der Waals surface area (Å²) in [4.78, 5) is 12.4. The summed E-state index contributed by atoms with van der Waals surface area (Å²) in [6, 6.07) is 18.6. The topological polar surface area (TPSA) is 104 Å². The monoisotopic (exact) mass is 450 g/mol. The summed E-state index contributed by atoms with van der Waals surface area (Å²) in [5, 5.41) is 10.5. The molecule has 1 amide bonds. The van der Waals surface area contributed by atoms with Crippen molar-refractivity contribution in [2.45, 2.75) is 11.8 Å². The number of amides is 1. The fourth-order valence-corrected chi connectivity index (χ4v) is 4.32. The van der Waals surface area contributed by atoms with Crippen LogP contribution in [0.4, 0.5) is 11.4 Å². The average molecular weight is 451 g/mol. The van der Waals surface area contributed by atoms with Crippen LogP contribution in [0.3, 0.4) is 0 Å². The Bertz CT molecular complexity index is 1350. The molecule has 0 spiro atoms. The maximum atomic E-state index is 12.8. The molecule has 0 aliphatic carbocycles. The summed E-state index contributed by atoms with van der Waals surface area (Å²) < 4.78 is 32.4. The number of H-pyrrole nitrogens is 1. The number of ether oxygens (including phenoxy) is 1. The fourth-order valence-electron chi connectivity index (χ4n) is 3.12. The SMILES string of the molecule is Cc1ccc(S(=O)(=O)N(C)c2ccc(OCC(=O)Nc3ccc4cn[nH]c4c3)cc2)cc1. The Morgan fingerprint density at radius 1 is 1.06 bits per heavy atom. The second-order valence-corrected chi connectivity index (χ2v) is 9.26. The minimum atomic E-state index is -3.67. The molecule has 4 aromatic rings. The van der Waals surface area contributed by atoms with E-state index in [0.29, 0.717) is 17.1 Å². The van der Waals surface area contributed by atoms with E-state index in [1.54, 1.807) is 66.9 Å². The van der Waals surface area contributed by atoms with Crippen molar-refractivity contribution in [3.8, 4) is 5.75 Å². The van der Waals surface area contributed by atoms with Crippen molar-refractivity contribution < 1.29 is 17.9 Å². The van der Waals surface area contributed by atoms with Crippen LogP contribution in [0.2, 0.25) is 0 Å². The second-order valence-electron chi connectivity index (χ2n) is 7.29. The molecule has 1 heterocycles. The zero-order valence-electron chi connectivity index (χ0n) is 17.6. The Morgan fingerprint density at radius 3 is 2.50 bits per heavy atom. The Balaban J connectivity index is 1.36. The summed E-state index contributed by atoms with van der Waals surface area (Å²) in [5.74, 6) is 0.140. The highest BCUT2D eigenvalue weighted by Crippen LogP contribution is 2.24. The molecule has 0 radical (unpaired) electrons. The highest BCUT2D eigenvalue weighted by atomic mass is 32.2. The first-order valence-electron chi connectivity index (χ1n) is 9.84. The third-order valence-electron chi connectivity index (χ3n) is 4.98. The molecule has 0 unspecified atom stereocenters. The van der Waals surface area contributed by atoms with Crippen molar-refractivity contribution in [1.29, 1.82) is 0 Å². The van der Waals surface area contributed by atoms with Gasteiger partial charge in [0.1, 0.15) is 5.75 Å². The zero-order valence-corrected chi connectivity index (χ0v) is 18.4. The van der Waals surface area contributed by atoms with E-state index in [4.69, 9.17) is 4.74 Å². The molecule has 0 atom stereocenters. The second kappa shape index (κ2) is 8.72. The minimum Gasteiger partial charge on any atom is -0.484 e. The van der Waals surface area contributed by atoms with Crippen LogP contribution in [-0.4, -0.2) is 38.2 Å². The van der Waals surface area contributed by atoms with Gasteiger partial charge in [0.05, 0.1) is 22.3 Å². The number of fused-ring (bicyclic) bond motifs is 1. The van der Waals surface area contributed by atoms with E-state index >= 15 is 0 Å². The van der Waals surface area contributed by atoms with Gasteiger partial charge in [0.15, 0.2) is 6.61 Å². The molecule has 0 fully saturated rings. The average Bonchev–Trinajstić information content (AvgIpc) is 3.26. The van der Waals surface area contributed by atoms with Crippen LogP contribution in [0.15, 0.2) is 77.8 Å². The summed E-state index contributed by atoms with van der Waals surface area (Å²) in [7, 11) is -2.18. The van der Waals surface area contributed by atoms with E-state index < -0.39 is 10.0 Å². The largest absolute Gasteiger partial charge is 0.484 e. The van der Waals surface area contributed by atoms with E-state index in [1.165, 1.54) is 11.4 Å². The smallest absolute Gasteiger partial charge is 0.264 e. The lowest BCUT2D eigenvalue weighted by atomic mass is 10.2. The number of carbonyl (C=O) groups excluding carboxylic acids is 1. The Kier molecular flexibility index (Phi) is 5.83. The number of anilines is 2. The van der Waals surface area contributed by atoms with Gasteiger partial charge in [-0.1, -0.05) is 17.7 Å². The van der Waals surface area contributed by atoms with Crippen LogP contribution in [0.5, 0.6) is 5.75 Å². The maximum Gasteiger partial charge on any atom is 0.264 e. The van der Waals surface area contributed by atoms with Gasteiger partial charge in [-0.3, -0.25) is 14.2 Å². The number of rotatable bonds is 7. The first-order chi connectivity index (χ1) is 15.3. The van der Waals surface area contributed by atoms with Crippen LogP contribution < -0.4 is 14.4 Å². The van der Waals surface area contributed by atoms with Crippen molar-refractivity contribution in [2.75, 3.05) is 23.3 Å². The first kappa shape index (κ1) is 21.4. The highest BCUT2D eigenvalue weighted by molar-refractivity contribution is 7.92. The lowest BCUT2D eigenvalue weighted by Gasteiger charge is -2.20. The Morgan fingerprint density at radius 2 is 1.78 bits per heavy atom. The molecule has 0 aliphatic heterocycles. The molecule has 0 saturated heterocycles. The van der Waals surface area contributed by atoms with Crippen molar-refractivity contribution >= 4 is 38.2 Å². The van der Waals surface area contributed by atoms with Gasteiger partial charge < -0.3 is 10.1 Å². The number of nitrogens with one attached hydrogen (secondary N) is 2. The molecule has 0 saturated carbocycles. The predicted octanol–water partition coefficient (Wildman–Crippen LogP) is 3.71. The molecule has 4 rings (SSSR count). The number of aromatic amines is 1. The fraction of sp³-hybridized carbons (Fsp3) is 0.130. The van der Waals surface area contributed by atoms with E-state index in [1.807, 2.05) is 13.0 Å². The summed E-state index contributed by atoms with van der Waals surface area (Å²) >= 11 is 0. The molecule has 8 nitrogen and oxygen atoms in total. The third kappa shape index (κ3) is 4.57. The molecule has 164 valence electrons. The molecular weight excluding hydrogens is 428 g/mol. The summed E-state index contributed by atoms with van der Waals surface area (Å²) in [5.41, 5.74) is 2.92. The van der Waals surface area contributed by atoms with Crippen LogP contribution in [0, 0.1) is 6.92 Å². The van der Waals surface area contributed by atoms with Gasteiger partial charge in [-0.15, -0.1) is 0 Å². The number of nitrogens with zero attached hydrogens (tertiary/aromatic N) is 2. The van der Waals surface area contributed by atoms with Gasteiger partial charge >= 0.3 is 0 Å². The normalized spacial score (nSPS) is 11.3. The molecular formula is C23H22N4O4S. The van der Waals surface area contributed by atoms with Gasteiger partial charge in [-0.05, 0) is 61.5 Å². The first-order valence-corrected chi connectivity index (χ1v) is 11.3. The Labute approximate surface area is 185 Å². The molecule has 2 N–H and O–H groups in total. The lowest BCUT2D eigenvalue weighted by Crippen LogP contribution is -2.26.